The van der Waals surface area contributed by atoms with E-state index in [1.807, 2.05) is 0 Å². The zero-order chi connectivity index (χ0) is 8.27. The Morgan fingerprint density at radius 2 is 2.00 bits per heavy atom. The minimum absolute atomic E-state index is 0.921. The quantitative estimate of drug-likeness (QED) is 0.566. The van der Waals surface area contributed by atoms with Crippen molar-refractivity contribution < 1.29 is 0 Å². The van der Waals surface area contributed by atoms with E-state index in [0.29, 0.717) is 0 Å². The van der Waals surface area contributed by atoms with Gasteiger partial charge in [-0.25, -0.2) is 0 Å². The van der Waals surface area contributed by atoms with Crippen LogP contribution in [-0.2, 0) is 0 Å². The highest BCUT2D eigenvalue weighted by molar-refractivity contribution is 4.74. The van der Waals surface area contributed by atoms with Gasteiger partial charge < -0.3 is 0 Å². The molecule has 0 spiro atoms. The largest absolute Gasteiger partial charge is 0.0651 e. The summed E-state index contributed by atoms with van der Waals surface area (Å²) in [4.78, 5) is 0. The molecule has 2 atom stereocenters. The van der Waals surface area contributed by atoms with Crippen molar-refractivity contribution in [2.24, 2.45) is 17.8 Å². The smallest absolute Gasteiger partial charge is 0.0388 e. The van der Waals surface area contributed by atoms with Gasteiger partial charge in [0.05, 0.1) is 0 Å². The third-order valence-corrected chi connectivity index (χ3v) is 3.34. The van der Waals surface area contributed by atoms with Crippen molar-refractivity contribution in [1.82, 2.24) is 0 Å². The standard InChI is InChI=1S/C11H22/c1-4-10-6-5-7-11(8-10)9(2)3/h9-11H,4-8H2,1-3H3/t10?,11-/m1/s1. The molecule has 0 aromatic heterocycles. The van der Waals surface area contributed by atoms with E-state index in [4.69, 9.17) is 0 Å². The SMILES string of the molecule is CCC1CCC[C@@H](C(C)C)C1. The fourth-order valence-corrected chi connectivity index (χ4v) is 2.31. The second kappa shape index (κ2) is 4.13. The summed E-state index contributed by atoms with van der Waals surface area (Å²) >= 11 is 0. The molecule has 0 heterocycles. The summed E-state index contributed by atoms with van der Waals surface area (Å²) in [7, 11) is 0. The van der Waals surface area contributed by atoms with Gasteiger partial charge in [-0.05, 0) is 24.2 Å². The molecular formula is C11H22. The van der Waals surface area contributed by atoms with Crippen LogP contribution < -0.4 is 0 Å². The van der Waals surface area contributed by atoms with Crippen LogP contribution in [0.1, 0.15) is 52.9 Å². The molecular weight excluding hydrogens is 132 g/mol. The van der Waals surface area contributed by atoms with Crippen LogP contribution in [0.4, 0.5) is 0 Å². The van der Waals surface area contributed by atoms with Gasteiger partial charge in [-0.3, -0.25) is 0 Å². The summed E-state index contributed by atoms with van der Waals surface area (Å²) in [5.74, 6) is 3.01. The van der Waals surface area contributed by atoms with Crippen molar-refractivity contribution in [2.45, 2.75) is 52.9 Å². The third kappa shape index (κ3) is 2.50. The Kier molecular flexibility index (Phi) is 3.42. The van der Waals surface area contributed by atoms with Crippen LogP contribution in [0.5, 0.6) is 0 Å². The van der Waals surface area contributed by atoms with Gasteiger partial charge in [-0.15, -0.1) is 0 Å². The Hall–Kier alpha value is 0. The summed E-state index contributed by atoms with van der Waals surface area (Å²) in [6.45, 7) is 7.10. The van der Waals surface area contributed by atoms with Crippen molar-refractivity contribution in [3.8, 4) is 0 Å². The maximum Gasteiger partial charge on any atom is -0.0388 e. The predicted molar refractivity (Wildman–Crippen MR) is 50.6 cm³/mol. The van der Waals surface area contributed by atoms with E-state index in [9.17, 15) is 0 Å². The van der Waals surface area contributed by atoms with E-state index < -0.39 is 0 Å². The van der Waals surface area contributed by atoms with Crippen LogP contribution in [0.2, 0.25) is 0 Å². The second-order valence-electron chi connectivity index (χ2n) is 4.44. The first kappa shape index (κ1) is 9.09. The molecule has 0 nitrogen and oxygen atoms in total. The van der Waals surface area contributed by atoms with Crippen LogP contribution in [-0.4, -0.2) is 0 Å². The van der Waals surface area contributed by atoms with Crippen LogP contribution in [0.25, 0.3) is 0 Å². The molecule has 0 N–H and O–H groups in total. The molecule has 0 aliphatic heterocycles. The highest BCUT2D eigenvalue weighted by atomic mass is 14.3. The van der Waals surface area contributed by atoms with Crippen LogP contribution in [0.3, 0.4) is 0 Å². The van der Waals surface area contributed by atoms with Crippen LogP contribution in [0, 0.1) is 17.8 Å². The maximum absolute atomic E-state index is 2.38. The maximum atomic E-state index is 2.38. The topological polar surface area (TPSA) is 0 Å². The summed E-state index contributed by atoms with van der Waals surface area (Å²) in [6.07, 6.45) is 7.40. The van der Waals surface area contributed by atoms with Gasteiger partial charge in [-0.2, -0.15) is 0 Å². The number of hydrogen-bond acceptors (Lipinski definition) is 0. The lowest BCUT2D eigenvalue weighted by molar-refractivity contribution is 0.211. The second-order valence-corrected chi connectivity index (χ2v) is 4.44. The van der Waals surface area contributed by atoms with E-state index >= 15 is 0 Å². The Bertz CT molecular complexity index is 105. The lowest BCUT2D eigenvalue weighted by Crippen LogP contribution is -2.19. The first-order valence-corrected chi connectivity index (χ1v) is 5.24. The lowest BCUT2D eigenvalue weighted by Gasteiger charge is -2.30. The highest BCUT2D eigenvalue weighted by Crippen LogP contribution is 2.34. The molecule has 1 saturated carbocycles. The van der Waals surface area contributed by atoms with E-state index in [-0.39, 0.29) is 0 Å². The summed E-state index contributed by atoms with van der Waals surface area (Å²) in [5, 5.41) is 0. The lowest BCUT2D eigenvalue weighted by atomic mass is 9.75. The monoisotopic (exact) mass is 154 g/mol. The number of hydrogen-bond donors (Lipinski definition) is 0. The van der Waals surface area contributed by atoms with Crippen LogP contribution >= 0.6 is 0 Å². The van der Waals surface area contributed by atoms with Gasteiger partial charge in [0.25, 0.3) is 0 Å². The van der Waals surface area contributed by atoms with Gasteiger partial charge in [0.15, 0.2) is 0 Å². The summed E-state index contributed by atoms with van der Waals surface area (Å²) < 4.78 is 0. The molecule has 1 aliphatic carbocycles. The Labute approximate surface area is 71.4 Å². The Balaban J connectivity index is 2.33. The Morgan fingerprint density at radius 3 is 2.55 bits per heavy atom. The summed E-state index contributed by atoms with van der Waals surface area (Å²) in [6, 6.07) is 0. The zero-order valence-corrected chi connectivity index (χ0v) is 8.27. The normalized spacial score (nSPS) is 32.7. The van der Waals surface area contributed by atoms with Crippen molar-refractivity contribution in [3.63, 3.8) is 0 Å². The summed E-state index contributed by atoms with van der Waals surface area (Å²) in [5.41, 5.74) is 0. The molecule has 0 heteroatoms. The molecule has 0 aromatic carbocycles. The molecule has 1 aliphatic rings. The molecule has 1 fully saturated rings. The van der Waals surface area contributed by atoms with E-state index in [1.165, 1.54) is 32.1 Å². The van der Waals surface area contributed by atoms with Gasteiger partial charge >= 0.3 is 0 Å². The molecule has 11 heavy (non-hydrogen) atoms. The van der Waals surface area contributed by atoms with E-state index in [1.54, 1.807) is 0 Å². The molecule has 0 radical (unpaired) electrons. The third-order valence-electron chi connectivity index (χ3n) is 3.34. The fourth-order valence-electron chi connectivity index (χ4n) is 2.31. The number of rotatable bonds is 2. The first-order valence-electron chi connectivity index (χ1n) is 5.24. The molecule has 1 unspecified atom stereocenters. The van der Waals surface area contributed by atoms with Gasteiger partial charge in [0.1, 0.15) is 0 Å². The fraction of sp³-hybridized carbons (Fsp3) is 1.00. The average Bonchev–Trinajstić information content (AvgIpc) is 2.05. The first-order chi connectivity index (χ1) is 5.24. The molecule has 66 valence electrons. The van der Waals surface area contributed by atoms with Gasteiger partial charge in [0.2, 0.25) is 0 Å². The highest BCUT2D eigenvalue weighted by Gasteiger charge is 2.22. The minimum atomic E-state index is 0.921. The molecule has 0 saturated heterocycles. The van der Waals surface area contributed by atoms with E-state index in [0.717, 1.165) is 17.8 Å². The Morgan fingerprint density at radius 1 is 1.27 bits per heavy atom. The molecule has 0 aromatic rings. The minimum Gasteiger partial charge on any atom is -0.0651 e. The van der Waals surface area contributed by atoms with Gasteiger partial charge in [-0.1, -0.05) is 46.5 Å². The van der Waals surface area contributed by atoms with Crippen molar-refractivity contribution in [1.29, 1.82) is 0 Å². The molecule has 1 rings (SSSR count). The van der Waals surface area contributed by atoms with Gasteiger partial charge in [0, 0.05) is 0 Å². The molecule has 0 bridgehead atoms. The van der Waals surface area contributed by atoms with Crippen molar-refractivity contribution >= 4 is 0 Å². The van der Waals surface area contributed by atoms with Crippen molar-refractivity contribution in [3.05, 3.63) is 0 Å². The zero-order valence-electron chi connectivity index (χ0n) is 8.27. The van der Waals surface area contributed by atoms with Crippen molar-refractivity contribution in [2.75, 3.05) is 0 Å². The molecule has 0 amide bonds. The average molecular weight is 154 g/mol. The van der Waals surface area contributed by atoms with Crippen LogP contribution in [0.15, 0.2) is 0 Å². The van der Waals surface area contributed by atoms with E-state index in [2.05, 4.69) is 20.8 Å². The predicted octanol–water partition coefficient (Wildman–Crippen LogP) is 3.86.